The molecule has 1 saturated heterocycles. The number of amides is 2. The highest BCUT2D eigenvalue weighted by atomic mass is 16.2. The number of nitrogens with one attached hydrogen (secondary N) is 1. The van der Waals surface area contributed by atoms with Crippen LogP contribution in [-0.4, -0.2) is 35.8 Å². The van der Waals surface area contributed by atoms with Gasteiger partial charge in [-0.15, -0.1) is 0 Å². The van der Waals surface area contributed by atoms with Crippen molar-refractivity contribution in [2.75, 3.05) is 13.1 Å². The summed E-state index contributed by atoms with van der Waals surface area (Å²) in [6.07, 6.45) is 0.948. The molecule has 1 rings (SSSR count). The average Bonchev–Trinajstić information content (AvgIpc) is 2.18. The zero-order chi connectivity index (χ0) is 12.3. The highest BCUT2D eigenvalue weighted by Gasteiger charge is 2.33. The van der Waals surface area contributed by atoms with Gasteiger partial charge in [-0.2, -0.15) is 0 Å². The Labute approximate surface area is 97.4 Å². The van der Waals surface area contributed by atoms with Gasteiger partial charge in [-0.25, -0.2) is 0 Å². The Bertz CT molecular complexity index is 274. The number of carbonyl (C=O) groups is 2. The van der Waals surface area contributed by atoms with Crippen LogP contribution in [0.25, 0.3) is 0 Å². The molecule has 1 fully saturated rings. The van der Waals surface area contributed by atoms with Gasteiger partial charge in [-0.05, 0) is 18.3 Å². The Morgan fingerprint density at radius 1 is 1.31 bits per heavy atom. The molecule has 16 heavy (non-hydrogen) atoms. The van der Waals surface area contributed by atoms with E-state index in [2.05, 4.69) is 19.2 Å². The molecule has 1 N–H and O–H groups in total. The van der Waals surface area contributed by atoms with Crippen LogP contribution >= 0.6 is 0 Å². The molecule has 4 heteroatoms. The van der Waals surface area contributed by atoms with Gasteiger partial charge >= 0.3 is 0 Å². The molecular weight excluding hydrogens is 204 g/mol. The third-order valence-corrected chi connectivity index (χ3v) is 2.87. The molecule has 0 radical (unpaired) electrons. The SMILES string of the molecule is CC(C)CCN1CC(=O)NC(C(C)C)C1=O. The first-order valence-electron chi connectivity index (χ1n) is 6.00. The van der Waals surface area contributed by atoms with Gasteiger partial charge < -0.3 is 10.2 Å². The number of hydrogen-bond donors (Lipinski definition) is 1. The summed E-state index contributed by atoms with van der Waals surface area (Å²) in [5, 5.41) is 2.75. The van der Waals surface area contributed by atoms with Crippen LogP contribution < -0.4 is 5.32 Å². The lowest BCUT2D eigenvalue weighted by Gasteiger charge is -2.34. The third kappa shape index (κ3) is 3.22. The quantitative estimate of drug-likeness (QED) is 0.778. The van der Waals surface area contributed by atoms with E-state index in [0.717, 1.165) is 6.42 Å². The van der Waals surface area contributed by atoms with Crippen LogP contribution in [0.1, 0.15) is 34.1 Å². The van der Waals surface area contributed by atoms with Crippen molar-refractivity contribution < 1.29 is 9.59 Å². The van der Waals surface area contributed by atoms with Crippen molar-refractivity contribution >= 4 is 11.8 Å². The molecule has 1 aliphatic rings. The fourth-order valence-corrected chi connectivity index (χ4v) is 1.78. The molecule has 0 bridgehead atoms. The zero-order valence-corrected chi connectivity index (χ0v) is 10.6. The molecule has 1 unspecified atom stereocenters. The molecule has 1 atom stereocenters. The summed E-state index contributed by atoms with van der Waals surface area (Å²) in [6, 6.07) is -0.339. The van der Waals surface area contributed by atoms with Crippen molar-refractivity contribution in [3.63, 3.8) is 0 Å². The summed E-state index contributed by atoms with van der Waals surface area (Å²) in [5.41, 5.74) is 0. The van der Waals surface area contributed by atoms with Crippen LogP contribution in [-0.2, 0) is 9.59 Å². The first kappa shape index (κ1) is 13.0. The summed E-state index contributed by atoms with van der Waals surface area (Å²) in [7, 11) is 0. The lowest BCUT2D eigenvalue weighted by Crippen LogP contribution is -2.59. The molecule has 92 valence electrons. The molecule has 4 nitrogen and oxygen atoms in total. The van der Waals surface area contributed by atoms with Gasteiger partial charge in [0.05, 0.1) is 6.54 Å². The van der Waals surface area contributed by atoms with Gasteiger partial charge in [0.25, 0.3) is 0 Å². The lowest BCUT2D eigenvalue weighted by molar-refractivity contribution is -0.145. The fraction of sp³-hybridized carbons (Fsp3) is 0.833. The number of carbonyl (C=O) groups excluding carboxylic acids is 2. The summed E-state index contributed by atoms with van der Waals surface area (Å²) in [5.74, 6) is 0.728. The highest BCUT2D eigenvalue weighted by Crippen LogP contribution is 2.12. The second kappa shape index (κ2) is 5.32. The zero-order valence-electron chi connectivity index (χ0n) is 10.6. The summed E-state index contributed by atoms with van der Waals surface area (Å²) in [4.78, 5) is 25.2. The van der Waals surface area contributed by atoms with Crippen molar-refractivity contribution in [1.82, 2.24) is 10.2 Å². The van der Waals surface area contributed by atoms with Gasteiger partial charge in [-0.1, -0.05) is 27.7 Å². The van der Waals surface area contributed by atoms with Crippen LogP contribution in [0.15, 0.2) is 0 Å². The van der Waals surface area contributed by atoms with E-state index in [4.69, 9.17) is 0 Å². The van der Waals surface area contributed by atoms with Crippen molar-refractivity contribution in [3.05, 3.63) is 0 Å². The number of nitrogens with zero attached hydrogens (tertiary/aromatic N) is 1. The molecule has 1 aliphatic heterocycles. The maximum absolute atomic E-state index is 12.0. The van der Waals surface area contributed by atoms with Gasteiger partial charge in [0.1, 0.15) is 6.04 Å². The maximum atomic E-state index is 12.0. The molecule has 2 amide bonds. The minimum absolute atomic E-state index is 0.0398. The largest absolute Gasteiger partial charge is 0.343 e. The Balaban J connectivity index is 2.62. The van der Waals surface area contributed by atoms with Crippen LogP contribution in [0.4, 0.5) is 0 Å². The minimum Gasteiger partial charge on any atom is -0.343 e. The van der Waals surface area contributed by atoms with Crippen molar-refractivity contribution in [2.45, 2.75) is 40.2 Å². The first-order chi connectivity index (χ1) is 7.41. The van der Waals surface area contributed by atoms with Crippen molar-refractivity contribution in [1.29, 1.82) is 0 Å². The van der Waals surface area contributed by atoms with E-state index in [1.807, 2.05) is 13.8 Å². The van der Waals surface area contributed by atoms with Crippen LogP contribution in [0.5, 0.6) is 0 Å². The minimum atomic E-state index is -0.339. The molecule has 0 aromatic rings. The second-order valence-electron chi connectivity index (χ2n) is 5.23. The molecule has 0 aromatic heterocycles. The van der Waals surface area contributed by atoms with Gasteiger partial charge in [-0.3, -0.25) is 9.59 Å². The van der Waals surface area contributed by atoms with Gasteiger partial charge in [0.2, 0.25) is 11.8 Å². The van der Waals surface area contributed by atoms with Crippen molar-refractivity contribution in [3.8, 4) is 0 Å². The molecule has 1 heterocycles. The molecule has 0 saturated carbocycles. The van der Waals surface area contributed by atoms with Crippen LogP contribution in [0.3, 0.4) is 0 Å². The topological polar surface area (TPSA) is 49.4 Å². The molecule has 0 aliphatic carbocycles. The van der Waals surface area contributed by atoms with E-state index < -0.39 is 0 Å². The van der Waals surface area contributed by atoms with E-state index in [1.165, 1.54) is 0 Å². The van der Waals surface area contributed by atoms with Crippen LogP contribution in [0.2, 0.25) is 0 Å². The van der Waals surface area contributed by atoms with E-state index in [-0.39, 0.29) is 30.3 Å². The lowest BCUT2D eigenvalue weighted by atomic mass is 10.00. The average molecular weight is 226 g/mol. The van der Waals surface area contributed by atoms with Crippen LogP contribution in [0, 0.1) is 11.8 Å². The summed E-state index contributed by atoms with van der Waals surface area (Å²) < 4.78 is 0. The third-order valence-electron chi connectivity index (χ3n) is 2.87. The molecule has 0 aromatic carbocycles. The highest BCUT2D eigenvalue weighted by molar-refractivity contribution is 5.94. The predicted molar refractivity (Wildman–Crippen MR) is 62.8 cm³/mol. The Morgan fingerprint density at radius 2 is 1.94 bits per heavy atom. The van der Waals surface area contributed by atoms with E-state index in [0.29, 0.717) is 12.5 Å². The second-order valence-corrected chi connectivity index (χ2v) is 5.23. The predicted octanol–water partition coefficient (Wildman–Crippen LogP) is 1.02. The number of piperazine rings is 1. The van der Waals surface area contributed by atoms with E-state index in [1.54, 1.807) is 4.90 Å². The van der Waals surface area contributed by atoms with E-state index >= 15 is 0 Å². The molecule has 0 spiro atoms. The standard InChI is InChI=1S/C12H22N2O2/c1-8(2)5-6-14-7-10(15)13-11(9(3)4)12(14)16/h8-9,11H,5-7H2,1-4H3,(H,13,15). The molecular formula is C12H22N2O2. The van der Waals surface area contributed by atoms with Crippen molar-refractivity contribution in [2.24, 2.45) is 11.8 Å². The monoisotopic (exact) mass is 226 g/mol. The maximum Gasteiger partial charge on any atom is 0.245 e. The fourth-order valence-electron chi connectivity index (χ4n) is 1.78. The van der Waals surface area contributed by atoms with Gasteiger partial charge in [0.15, 0.2) is 0 Å². The first-order valence-corrected chi connectivity index (χ1v) is 6.00. The smallest absolute Gasteiger partial charge is 0.245 e. The van der Waals surface area contributed by atoms with Gasteiger partial charge in [0, 0.05) is 6.54 Å². The number of rotatable bonds is 4. The summed E-state index contributed by atoms with van der Waals surface area (Å²) in [6.45, 7) is 9.05. The Kier molecular flexibility index (Phi) is 4.33. The Hall–Kier alpha value is -1.06. The normalized spacial score (nSPS) is 21.9. The van der Waals surface area contributed by atoms with E-state index in [9.17, 15) is 9.59 Å². The number of hydrogen-bond acceptors (Lipinski definition) is 2. The Morgan fingerprint density at radius 3 is 2.44 bits per heavy atom. The summed E-state index contributed by atoms with van der Waals surface area (Å²) >= 11 is 0.